The largest absolute Gasteiger partial charge is 0.356 e. The van der Waals surface area contributed by atoms with E-state index in [2.05, 4.69) is 14.9 Å². The van der Waals surface area contributed by atoms with Gasteiger partial charge in [-0.25, -0.2) is 13.1 Å². The van der Waals surface area contributed by atoms with Gasteiger partial charge in [-0.2, -0.15) is 0 Å². The van der Waals surface area contributed by atoms with Gasteiger partial charge in [0.05, 0.1) is 0 Å². The van der Waals surface area contributed by atoms with Crippen LogP contribution in [-0.4, -0.2) is 18.6 Å². The Hall–Kier alpha value is -2.25. The molecule has 0 saturated heterocycles. The van der Waals surface area contributed by atoms with Gasteiger partial charge in [0.2, 0.25) is 10.0 Å². The minimum atomic E-state index is -3.49. The van der Waals surface area contributed by atoms with Crippen molar-refractivity contribution in [3.05, 3.63) is 60.0 Å². The van der Waals surface area contributed by atoms with Crippen molar-refractivity contribution in [1.82, 2.24) is 14.9 Å². The molecule has 2 heterocycles. The smallest absolute Gasteiger partial charge is 0.217 e. The summed E-state index contributed by atoms with van der Waals surface area (Å²) in [6.07, 6.45) is 3.26. The standard InChI is InChI=1S/C14H13N3O3S/c18-21(19,16-9-11-4-3-7-15-8-11)10-13-12-5-1-2-6-14(12)20-17-13/h1-8,16H,9-10H2. The zero-order valence-electron chi connectivity index (χ0n) is 11.1. The van der Waals surface area contributed by atoms with E-state index >= 15 is 0 Å². The SMILES string of the molecule is O=S(=O)(Cc1noc2ccccc12)NCc1cccnc1. The Balaban J connectivity index is 1.74. The number of nitrogens with zero attached hydrogens (tertiary/aromatic N) is 2. The Morgan fingerprint density at radius 3 is 2.81 bits per heavy atom. The molecule has 0 radical (unpaired) electrons. The second kappa shape index (κ2) is 5.63. The van der Waals surface area contributed by atoms with Crippen molar-refractivity contribution in [3.63, 3.8) is 0 Å². The summed E-state index contributed by atoms with van der Waals surface area (Å²) in [5.41, 5.74) is 1.78. The average molecular weight is 303 g/mol. The van der Waals surface area contributed by atoms with Gasteiger partial charge in [-0.3, -0.25) is 4.98 Å². The Labute approximate surface area is 121 Å². The van der Waals surface area contributed by atoms with E-state index in [0.29, 0.717) is 16.7 Å². The molecule has 0 fully saturated rings. The van der Waals surface area contributed by atoms with E-state index in [-0.39, 0.29) is 12.3 Å². The van der Waals surface area contributed by atoms with E-state index in [9.17, 15) is 8.42 Å². The number of hydrogen-bond acceptors (Lipinski definition) is 5. The molecule has 7 heteroatoms. The molecule has 0 aliphatic heterocycles. The van der Waals surface area contributed by atoms with Gasteiger partial charge < -0.3 is 4.52 Å². The molecule has 0 spiro atoms. The molecule has 0 aliphatic carbocycles. The first kappa shape index (κ1) is 13.7. The van der Waals surface area contributed by atoms with Gasteiger partial charge in [-0.05, 0) is 23.8 Å². The molecule has 1 N–H and O–H groups in total. The van der Waals surface area contributed by atoms with Gasteiger partial charge in [0.15, 0.2) is 5.58 Å². The second-order valence-corrected chi connectivity index (χ2v) is 6.37. The highest BCUT2D eigenvalue weighted by Gasteiger charge is 2.17. The van der Waals surface area contributed by atoms with Crippen molar-refractivity contribution in [1.29, 1.82) is 0 Å². The molecule has 3 rings (SSSR count). The van der Waals surface area contributed by atoms with Crippen molar-refractivity contribution in [2.45, 2.75) is 12.3 Å². The maximum atomic E-state index is 12.1. The quantitative estimate of drug-likeness (QED) is 0.777. The molecule has 0 unspecified atom stereocenters. The lowest BCUT2D eigenvalue weighted by atomic mass is 10.2. The molecule has 3 aromatic rings. The van der Waals surface area contributed by atoms with Crippen LogP contribution in [0.3, 0.4) is 0 Å². The lowest BCUT2D eigenvalue weighted by molar-refractivity contribution is 0.448. The Bertz CT molecular complexity index is 844. The summed E-state index contributed by atoms with van der Waals surface area (Å²) >= 11 is 0. The number of para-hydroxylation sites is 1. The average Bonchev–Trinajstić information content (AvgIpc) is 2.89. The van der Waals surface area contributed by atoms with Crippen LogP contribution < -0.4 is 4.72 Å². The molecule has 1 aromatic carbocycles. The number of aromatic nitrogens is 2. The predicted octanol–water partition coefficient (Wildman–Crippen LogP) is 1.84. The van der Waals surface area contributed by atoms with Gasteiger partial charge in [0, 0.05) is 24.3 Å². The molecule has 0 amide bonds. The predicted molar refractivity (Wildman–Crippen MR) is 77.7 cm³/mol. The summed E-state index contributed by atoms with van der Waals surface area (Å²) in [6, 6.07) is 10.7. The zero-order valence-corrected chi connectivity index (χ0v) is 11.9. The molecule has 6 nitrogen and oxygen atoms in total. The zero-order chi connectivity index (χ0) is 14.7. The van der Waals surface area contributed by atoms with Gasteiger partial charge in [-0.15, -0.1) is 0 Å². The van der Waals surface area contributed by atoms with Gasteiger partial charge in [0.25, 0.3) is 0 Å². The third-order valence-corrected chi connectivity index (χ3v) is 4.24. The maximum Gasteiger partial charge on any atom is 0.217 e. The summed E-state index contributed by atoms with van der Waals surface area (Å²) in [5, 5.41) is 4.54. The highest BCUT2D eigenvalue weighted by Crippen LogP contribution is 2.19. The Morgan fingerprint density at radius 2 is 2.00 bits per heavy atom. The first-order chi connectivity index (χ1) is 10.1. The van der Waals surface area contributed by atoms with Crippen molar-refractivity contribution >= 4 is 21.0 Å². The molecule has 2 aromatic heterocycles. The van der Waals surface area contributed by atoms with E-state index in [0.717, 1.165) is 5.56 Å². The lowest BCUT2D eigenvalue weighted by Gasteiger charge is -2.05. The number of fused-ring (bicyclic) bond motifs is 1. The molecule has 0 saturated carbocycles. The number of pyridine rings is 1. The summed E-state index contributed by atoms with van der Waals surface area (Å²) < 4.78 is 31.8. The lowest BCUT2D eigenvalue weighted by Crippen LogP contribution is -2.24. The number of benzene rings is 1. The summed E-state index contributed by atoms with van der Waals surface area (Å²) in [4.78, 5) is 3.94. The van der Waals surface area contributed by atoms with Gasteiger partial charge >= 0.3 is 0 Å². The fourth-order valence-corrected chi connectivity index (χ4v) is 3.03. The Morgan fingerprint density at radius 1 is 1.14 bits per heavy atom. The molecular weight excluding hydrogens is 290 g/mol. The van der Waals surface area contributed by atoms with E-state index in [1.165, 1.54) is 0 Å². The summed E-state index contributed by atoms with van der Waals surface area (Å²) in [7, 11) is -3.49. The molecule has 21 heavy (non-hydrogen) atoms. The van der Waals surface area contributed by atoms with Crippen LogP contribution in [0.4, 0.5) is 0 Å². The van der Waals surface area contributed by atoms with Gasteiger partial charge in [0.1, 0.15) is 11.4 Å². The van der Waals surface area contributed by atoms with Crippen LogP contribution in [-0.2, 0) is 22.3 Å². The number of sulfonamides is 1. The molecule has 0 atom stereocenters. The van der Waals surface area contributed by atoms with Crippen LogP contribution in [0.1, 0.15) is 11.3 Å². The number of nitrogens with one attached hydrogen (secondary N) is 1. The van der Waals surface area contributed by atoms with Crippen LogP contribution in [0.25, 0.3) is 11.0 Å². The third kappa shape index (κ3) is 3.26. The molecule has 0 aliphatic rings. The number of rotatable bonds is 5. The van der Waals surface area contributed by atoms with E-state index < -0.39 is 10.0 Å². The van der Waals surface area contributed by atoms with E-state index in [1.807, 2.05) is 12.1 Å². The van der Waals surface area contributed by atoms with Crippen molar-refractivity contribution in [2.24, 2.45) is 0 Å². The van der Waals surface area contributed by atoms with Crippen molar-refractivity contribution < 1.29 is 12.9 Å². The molecule has 108 valence electrons. The third-order valence-electron chi connectivity index (χ3n) is 3.00. The van der Waals surface area contributed by atoms with E-state index in [1.54, 1.807) is 36.7 Å². The topological polar surface area (TPSA) is 85.1 Å². The normalized spacial score (nSPS) is 11.8. The minimum Gasteiger partial charge on any atom is -0.356 e. The summed E-state index contributed by atoms with van der Waals surface area (Å²) in [6.45, 7) is 0.200. The molecular formula is C14H13N3O3S. The fourth-order valence-electron chi connectivity index (χ4n) is 1.97. The van der Waals surface area contributed by atoms with Crippen LogP contribution in [0, 0.1) is 0 Å². The highest BCUT2D eigenvalue weighted by atomic mass is 32.2. The van der Waals surface area contributed by atoms with Crippen LogP contribution in [0.15, 0.2) is 53.3 Å². The van der Waals surface area contributed by atoms with Crippen molar-refractivity contribution in [3.8, 4) is 0 Å². The monoisotopic (exact) mass is 303 g/mol. The highest BCUT2D eigenvalue weighted by molar-refractivity contribution is 7.88. The molecule has 0 bridgehead atoms. The minimum absolute atomic E-state index is 0.200. The number of hydrogen-bond donors (Lipinski definition) is 1. The van der Waals surface area contributed by atoms with Crippen LogP contribution in [0.5, 0.6) is 0 Å². The fraction of sp³-hybridized carbons (Fsp3) is 0.143. The van der Waals surface area contributed by atoms with Gasteiger partial charge in [-0.1, -0.05) is 23.4 Å². The Kier molecular flexibility index (Phi) is 3.68. The first-order valence-electron chi connectivity index (χ1n) is 6.33. The first-order valence-corrected chi connectivity index (χ1v) is 7.99. The van der Waals surface area contributed by atoms with Crippen LogP contribution >= 0.6 is 0 Å². The van der Waals surface area contributed by atoms with Crippen molar-refractivity contribution in [2.75, 3.05) is 0 Å². The second-order valence-electron chi connectivity index (χ2n) is 4.57. The van der Waals surface area contributed by atoms with Crippen LogP contribution in [0.2, 0.25) is 0 Å². The van der Waals surface area contributed by atoms with E-state index in [4.69, 9.17) is 4.52 Å². The summed E-state index contributed by atoms with van der Waals surface area (Å²) in [5.74, 6) is -0.218. The maximum absolute atomic E-state index is 12.1.